The molecule has 0 radical (unpaired) electrons. The molecule has 7 heteroatoms. The first-order valence-electron chi connectivity index (χ1n) is 8.14. The molecule has 0 spiro atoms. The number of aromatic nitrogens is 2. The molecule has 25 heavy (non-hydrogen) atoms. The summed E-state index contributed by atoms with van der Waals surface area (Å²) in [5, 5.41) is 1.03. The summed E-state index contributed by atoms with van der Waals surface area (Å²) in [6, 6.07) is 9.31. The van der Waals surface area contributed by atoms with E-state index in [2.05, 4.69) is 10.4 Å². The van der Waals surface area contributed by atoms with Crippen molar-refractivity contribution in [2.45, 2.75) is 6.92 Å². The van der Waals surface area contributed by atoms with Gasteiger partial charge in [-0.2, -0.15) is 0 Å². The molecule has 0 fully saturated rings. The Labute approximate surface area is 146 Å². The van der Waals surface area contributed by atoms with E-state index in [4.69, 9.17) is 19.9 Å². The molecular formula is C18H22N4O3. The van der Waals surface area contributed by atoms with Crippen molar-refractivity contribution in [3.05, 3.63) is 42.7 Å². The van der Waals surface area contributed by atoms with E-state index in [9.17, 15) is 0 Å². The van der Waals surface area contributed by atoms with Gasteiger partial charge >= 0.3 is 0 Å². The van der Waals surface area contributed by atoms with Crippen LogP contribution in [0, 0.1) is 0 Å². The quantitative estimate of drug-likeness (QED) is 0.612. The first-order chi connectivity index (χ1) is 12.2. The van der Waals surface area contributed by atoms with E-state index < -0.39 is 0 Å². The number of nitrogen functional groups attached to an aromatic ring is 1. The molecule has 132 valence electrons. The van der Waals surface area contributed by atoms with Crippen LogP contribution in [0.5, 0.6) is 17.2 Å². The van der Waals surface area contributed by atoms with Gasteiger partial charge in [-0.1, -0.05) is 0 Å². The second kappa shape index (κ2) is 7.76. The summed E-state index contributed by atoms with van der Waals surface area (Å²) in [6.07, 6.45) is 3.55. The Bertz CT molecular complexity index is 847. The van der Waals surface area contributed by atoms with Crippen LogP contribution in [-0.4, -0.2) is 36.5 Å². The standard InChI is InChI=1S/C18H22N4O3/c1-3-23-8-9-24-16-12-15-13(5-7-22(15)20-2)10-17(16)25-14-4-6-21-18(19)11-14/h4-7,10-12,20H,3,8-9H2,1-2H3,(H2,19,21). The Morgan fingerprint density at radius 2 is 2.04 bits per heavy atom. The number of pyridine rings is 1. The number of anilines is 1. The molecular weight excluding hydrogens is 320 g/mol. The number of rotatable bonds is 8. The van der Waals surface area contributed by atoms with Gasteiger partial charge in [0.1, 0.15) is 18.2 Å². The minimum absolute atomic E-state index is 0.402. The molecule has 0 atom stereocenters. The van der Waals surface area contributed by atoms with Gasteiger partial charge in [0.25, 0.3) is 0 Å². The van der Waals surface area contributed by atoms with Gasteiger partial charge in [-0.3, -0.25) is 4.68 Å². The SMILES string of the molecule is CCOCCOc1cc2c(ccn2NC)cc1Oc1ccnc(N)c1. The Morgan fingerprint density at radius 3 is 2.80 bits per heavy atom. The molecule has 7 nitrogen and oxygen atoms in total. The average molecular weight is 342 g/mol. The molecule has 0 aliphatic heterocycles. The highest BCUT2D eigenvalue weighted by atomic mass is 16.5. The second-order valence-electron chi connectivity index (χ2n) is 5.33. The summed E-state index contributed by atoms with van der Waals surface area (Å²) >= 11 is 0. The van der Waals surface area contributed by atoms with Crippen molar-refractivity contribution >= 4 is 16.7 Å². The molecule has 1 aromatic carbocycles. The van der Waals surface area contributed by atoms with Crippen molar-refractivity contribution in [3.8, 4) is 17.2 Å². The van der Waals surface area contributed by atoms with Gasteiger partial charge in [0.05, 0.1) is 12.1 Å². The summed E-state index contributed by atoms with van der Waals surface area (Å²) in [6.45, 7) is 3.57. The lowest BCUT2D eigenvalue weighted by atomic mass is 10.2. The molecule has 0 aliphatic carbocycles. The number of fused-ring (bicyclic) bond motifs is 1. The summed E-state index contributed by atoms with van der Waals surface area (Å²) in [7, 11) is 1.86. The number of benzene rings is 1. The normalized spacial score (nSPS) is 10.8. The molecule has 3 rings (SSSR count). The van der Waals surface area contributed by atoms with Gasteiger partial charge in [0.15, 0.2) is 11.5 Å². The van der Waals surface area contributed by atoms with Crippen LogP contribution in [0.1, 0.15) is 6.92 Å². The molecule has 3 N–H and O–H groups in total. The molecule has 2 aromatic heterocycles. The third kappa shape index (κ3) is 3.95. The van der Waals surface area contributed by atoms with E-state index in [0.29, 0.717) is 42.9 Å². The highest BCUT2D eigenvalue weighted by Gasteiger charge is 2.12. The average Bonchev–Trinajstić information content (AvgIpc) is 3.00. The Hall–Kier alpha value is -2.93. The third-order valence-electron chi connectivity index (χ3n) is 3.67. The van der Waals surface area contributed by atoms with E-state index in [0.717, 1.165) is 10.9 Å². The highest BCUT2D eigenvalue weighted by molar-refractivity contribution is 5.84. The number of ether oxygens (including phenoxy) is 3. The van der Waals surface area contributed by atoms with E-state index in [1.807, 2.05) is 43.0 Å². The maximum absolute atomic E-state index is 5.98. The van der Waals surface area contributed by atoms with Gasteiger partial charge in [0.2, 0.25) is 0 Å². The molecule has 0 aliphatic rings. The van der Waals surface area contributed by atoms with Crippen LogP contribution >= 0.6 is 0 Å². The van der Waals surface area contributed by atoms with Crippen molar-refractivity contribution in [2.24, 2.45) is 0 Å². The van der Waals surface area contributed by atoms with Crippen LogP contribution in [0.4, 0.5) is 5.82 Å². The molecule has 0 amide bonds. The first-order valence-corrected chi connectivity index (χ1v) is 8.14. The maximum atomic E-state index is 5.98. The van der Waals surface area contributed by atoms with Crippen molar-refractivity contribution in [1.29, 1.82) is 0 Å². The predicted molar refractivity (Wildman–Crippen MR) is 97.9 cm³/mol. The summed E-state index contributed by atoms with van der Waals surface area (Å²) < 4.78 is 19.1. The fourth-order valence-corrected chi connectivity index (χ4v) is 2.50. The summed E-state index contributed by atoms with van der Waals surface area (Å²) in [5.41, 5.74) is 9.82. The third-order valence-corrected chi connectivity index (χ3v) is 3.67. The van der Waals surface area contributed by atoms with Gasteiger partial charge in [0, 0.05) is 43.6 Å². The number of nitrogens with one attached hydrogen (secondary N) is 1. The first kappa shape index (κ1) is 16.9. The molecule has 0 bridgehead atoms. The monoisotopic (exact) mass is 342 g/mol. The van der Waals surface area contributed by atoms with Gasteiger partial charge in [-0.15, -0.1) is 0 Å². The molecule has 0 saturated heterocycles. The minimum atomic E-state index is 0.402. The van der Waals surface area contributed by atoms with Gasteiger partial charge in [-0.05, 0) is 25.1 Å². The Balaban J connectivity index is 1.92. The summed E-state index contributed by atoms with van der Waals surface area (Å²) in [5.74, 6) is 2.26. The minimum Gasteiger partial charge on any atom is -0.487 e. The smallest absolute Gasteiger partial charge is 0.170 e. The molecule has 3 aromatic rings. The van der Waals surface area contributed by atoms with Crippen LogP contribution in [0.2, 0.25) is 0 Å². The van der Waals surface area contributed by atoms with Crippen molar-refractivity contribution < 1.29 is 14.2 Å². The van der Waals surface area contributed by atoms with Crippen molar-refractivity contribution in [2.75, 3.05) is 38.0 Å². The van der Waals surface area contributed by atoms with E-state index in [1.165, 1.54) is 0 Å². The van der Waals surface area contributed by atoms with Crippen LogP contribution < -0.4 is 20.6 Å². The second-order valence-corrected chi connectivity index (χ2v) is 5.33. The van der Waals surface area contributed by atoms with E-state index >= 15 is 0 Å². The van der Waals surface area contributed by atoms with Crippen LogP contribution in [0.25, 0.3) is 10.9 Å². The van der Waals surface area contributed by atoms with E-state index in [-0.39, 0.29) is 0 Å². The molecule has 0 saturated carbocycles. The fraction of sp³-hybridized carbons (Fsp3) is 0.278. The number of hydrogen-bond acceptors (Lipinski definition) is 6. The zero-order valence-corrected chi connectivity index (χ0v) is 14.4. The van der Waals surface area contributed by atoms with Gasteiger partial charge in [-0.25, -0.2) is 4.98 Å². The highest BCUT2D eigenvalue weighted by Crippen LogP contribution is 2.36. The zero-order valence-electron chi connectivity index (χ0n) is 14.4. The van der Waals surface area contributed by atoms with Crippen LogP contribution in [-0.2, 0) is 4.74 Å². The van der Waals surface area contributed by atoms with Crippen LogP contribution in [0.3, 0.4) is 0 Å². The van der Waals surface area contributed by atoms with Gasteiger partial charge < -0.3 is 25.4 Å². The lowest BCUT2D eigenvalue weighted by Crippen LogP contribution is -2.08. The molecule has 2 heterocycles. The Morgan fingerprint density at radius 1 is 1.16 bits per heavy atom. The number of nitrogens with zero attached hydrogens (tertiary/aromatic N) is 2. The number of nitrogens with two attached hydrogens (primary N) is 1. The van der Waals surface area contributed by atoms with E-state index in [1.54, 1.807) is 18.3 Å². The van der Waals surface area contributed by atoms with Crippen molar-refractivity contribution in [1.82, 2.24) is 9.66 Å². The summed E-state index contributed by atoms with van der Waals surface area (Å²) in [4.78, 5) is 3.98. The lowest BCUT2D eigenvalue weighted by Gasteiger charge is -2.14. The topological polar surface area (TPSA) is 83.6 Å². The fourth-order valence-electron chi connectivity index (χ4n) is 2.50. The predicted octanol–water partition coefficient (Wildman–Crippen LogP) is 3.00. The molecule has 0 unspecified atom stereocenters. The maximum Gasteiger partial charge on any atom is 0.170 e. The number of hydrogen-bond donors (Lipinski definition) is 2. The van der Waals surface area contributed by atoms with Crippen LogP contribution in [0.15, 0.2) is 42.7 Å². The Kier molecular flexibility index (Phi) is 5.25. The van der Waals surface area contributed by atoms with Crippen molar-refractivity contribution in [3.63, 3.8) is 0 Å². The lowest BCUT2D eigenvalue weighted by molar-refractivity contribution is 0.109. The largest absolute Gasteiger partial charge is 0.487 e. The zero-order chi connectivity index (χ0) is 17.6.